The minimum Gasteiger partial charge on any atom is -0.481 e. The lowest BCUT2D eigenvalue weighted by Gasteiger charge is -2.17. The number of benzene rings is 2. The van der Waals surface area contributed by atoms with E-state index in [9.17, 15) is 13.2 Å². The Morgan fingerprint density at radius 3 is 2.23 bits per heavy atom. The molecule has 116 valence electrons. The van der Waals surface area contributed by atoms with Crippen LogP contribution >= 0.6 is 11.6 Å². The van der Waals surface area contributed by atoms with Gasteiger partial charge in [-0.3, -0.25) is 4.79 Å². The molecule has 2 N–H and O–H groups in total. The summed E-state index contributed by atoms with van der Waals surface area (Å²) >= 11 is 5.80. The number of hydrogen-bond acceptors (Lipinski definition) is 3. The van der Waals surface area contributed by atoms with Crippen LogP contribution in [0.3, 0.4) is 0 Å². The molecular weight excluding hydrogens is 326 g/mol. The third-order valence-corrected chi connectivity index (χ3v) is 4.74. The smallest absolute Gasteiger partial charge is 0.305 e. The van der Waals surface area contributed by atoms with E-state index in [1.807, 2.05) is 0 Å². The minimum atomic E-state index is -3.81. The summed E-state index contributed by atoms with van der Waals surface area (Å²) in [4.78, 5) is 11.1. The Morgan fingerprint density at radius 2 is 1.68 bits per heavy atom. The number of nitrogens with one attached hydrogen (secondary N) is 1. The Hall–Kier alpha value is -1.89. The van der Waals surface area contributed by atoms with Gasteiger partial charge >= 0.3 is 5.97 Å². The van der Waals surface area contributed by atoms with Crippen LogP contribution in [0.4, 0.5) is 0 Å². The van der Waals surface area contributed by atoms with E-state index in [0.29, 0.717) is 10.6 Å². The SMILES string of the molecule is O=C(O)CC(NS(=O)(=O)c1ccccc1)c1ccc(Cl)cc1. The average Bonchev–Trinajstić information content (AvgIpc) is 2.47. The van der Waals surface area contributed by atoms with Crippen molar-refractivity contribution >= 4 is 27.6 Å². The molecule has 1 unspecified atom stereocenters. The zero-order chi connectivity index (χ0) is 16.2. The van der Waals surface area contributed by atoms with Crippen molar-refractivity contribution in [3.63, 3.8) is 0 Å². The van der Waals surface area contributed by atoms with Crippen molar-refractivity contribution in [1.82, 2.24) is 4.72 Å². The van der Waals surface area contributed by atoms with E-state index in [-0.39, 0.29) is 11.3 Å². The van der Waals surface area contributed by atoms with Gasteiger partial charge in [0.25, 0.3) is 0 Å². The zero-order valence-electron chi connectivity index (χ0n) is 11.4. The Kier molecular flexibility index (Phi) is 5.18. The molecule has 0 amide bonds. The van der Waals surface area contributed by atoms with E-state index in [1.165, 1.54) is 12.1 Å². The largest absolute Gasteiger partial charge is 0.481 e. The van der Waals surface area contributed by atoms with Crippen LogP contribution < -0.4 is 4.72 Å². The molecule has 0 saturated heterocycles. The van der Waals surface area contributed by atoms with E-state index < -0.39 is 22.0 Å². The third kappa shape index (κ3) is 4.30. The third-order valence-electron chi connectivity index (χ3n) is 3.00. The predicted molar refractivity (Wildman–Crippen MR) is 83.2 cm³/mol. The molecule has 7 heteroatoms. The van der Waals surface area contributed by atoms with Crippen LogP contribution in [0.25, 0.3) is 0 Å². The first-order valence-electron chi connectivity index (χ1n) is 6.43. The van der Waals surface area contributed by atoms with Crippen LogP contribution in [-0.2, 0) is 14.8 Å². The van der Waals surface area contributed by atoms with E-state index in [0.717, 1.165) is 0 Å². The predicted octanol–water partition coefficient (Wildman–Crippen LogP) is 2.83. The molecule has 0 bridgehead atoms. The molecule has 0 aliphatic heterocycles. The van der Waals surface area contributed by atoms with E-state index in [1.54, 1.807) is 42.5 Å². The van der Waals surface area contributed by atoms with Gasteiger partial charge in [-0.05, 0) is 29.8 Å². The van der Waals surface area contributed by atoms with Crippen LogP contribution in [0.2, 0.25) is 5.02 Å². The Balaban J connectivity index is 2.31. The van der Waals surface area contributed by atoms with Crippen LogP contribution in [0.15, 0.2) is 59.5 Å². The zero-order valence-corrected chi connectivity index (χ0v) is 13.0. The lowest BCUT2D eigenvalue weighted by molar-refractivity contribution is -0.137. The Morgan fingerprint density at radius 1 is 1.09 bits per heavy atom. The maximum atomic E-state index is 12.3. The Bertz CT molecular complexity index is 745. The minimum absolute atomic E-state index is 0.0827. The molecule has 0 heterocycles. The van der Waals surface area contributed by atoms with E-state index in [4.69, 9.17) is 16.7 Å². The molecule has 2 aromatic carbocycles. The molecular formula is C15H14ClNO4S. The summed E-state index contributed by atoms with van der Waals surface area (Å²) in [5.74, 6) is -1.10. The molecule has 0 aliphatic carbocycles. The highest BCUT2D eigenvalue weighted by Gasteiger charge is 2.23. The van der Waals surface area contributed by atoms with Crippen molar-refractivity contribution in [2.45, 2.75) is 17.4 Å². The fourth-order valence-corrected chi connectivity index (χ4v) is 3.32. The van der Waals surface area contributed by atoms with Gasteiger partial charge in [-0.1, -0.05) is 41.9 Å². The van der Waals surface area contributed by atoms with Crippen LogP contribution in [0.1, 0.15) is 18.0 Å². The summed E-state index contributed by atoms with van der Waals surface area (Å²) in [5, 5.41) is 9.50. The normalized spacial score (nSPS) is 12.8. The highest BCUT2D eigenvalue weighted by atomic mass is 35.5. The second kappa shape index (κ2) is 6.91. The number of carboxylic acids is 1. The maximum Gasteiger partial charge on any atom is 0.305 e. The first kappa shape index (κ1) is 16.5. The second-order valence-corrected chi connectivity index (χ2v) is 6.79. The summed E-state index contributed by atoms with van der Waals surface area (Å²) < 4.78 is 27.1. The number of carboxylic acid groups (broad SMARTS) is 1. The topological polar surface area (TPSA) is 83.5 Å². The molecule has 0 fully saturated rings. The highest BCUT2D eigenvalue weighted by molar-refractivity contribution is 7.89. The first-order chi connectivity index (χ1) is 10.4. The molecule has 0 radical (unpaired) electrons. The first-order valence-corrected chi connectivity index (χ1v) is 8.29. The molecule has 0 spiro atoms. The summed E-state index contributed by atoms with van der Waals surface area (Å²) in [7, 11) is -3.81. The van der Waals surface area contributed by atoms with Gasteiger partial charge in [-0.25, -0.2) is 13.1 Å². The van der Waals surface area contributed by atoms with Crippen molar-refractivity contribution in [3.8, 4) is 0 Å². The number of aliphatic carboxylic acids is 1. The molecule has 2 aromatic rings. The lowest BCUT2D eigenvalue weighted by Crippen LogP contribution is -2.30. The molecule has 5 nitrogen and oxygen atoms in total. The van der Waals surface area contributed by atoms with Gasteiger partial charge in [0.05, 0.1) is 17.4 Å². The fourth-order valence-electron chi connectivity index (χ4n) is 1.95. The van der Waals surface area contributed by atoms with E-state index >= 15 is 0 Å². The van der Waals surface area contributed by atoms with Gasteiger partial charge in [-0.2, -0.15) is 0 Å². The maximum absolute atomic E-state index is 12.3. The van der Waals surface area contributed by atoms with Crippen LogP contribution in [-0.4, -0.2) is 19.5 Å². The summed E-state index contributed by atoms with van der Waals surface area (Å²) in [6.07, 6.45) is -0.367. The number of hydrogen-bond donors (Lipinski definition) is 2. The molecule has 0 aromatic heterocycles. The van der Waals surface area contributed by atoms with Gasteiger partial charge in [0.15, 0.2) is 0 Å². The van der Waals surface area contributed by atoms with Crippen molar-refractivity contribution in [3.05, 3.63) is 65.2 Å². The quantitative estimate of drug-likeness (QED) is 0.847. The number of halogens is 1. The molecule has 0 aliphatic rings. The van der Waals surface area contributed by atoms with Gasteiger partial charge in [0, 0.05) is 5.02 Å². The monoisotopic (exact) mass is 339 g/mol. The van der Waals surface area contributed by atoms with Gasteiger partial charge in [-0.15, -0.1) is 0 Å². The number of sulfonamides is 1. The lowest BCUT2D eigenvalue weighted by atomic mass is 10.1. The fraction of sp³-hybridized carbons (Fsp3) is 0.133. The van der Waals surface area contributed by atoms with Crippen LogP contribution in [0, 0.1) is 0 Å². The number of carbonyl (C=O) groups is 1. The van der Waals surface area contributed by atoms with E-state index in [2.05, 4.69) is 4.72 Å². The van der Waals surface area contributed by atoms with Crippen molar-refractivity contribution in [2.24, 2.45) is 0 Å². The molecule has 2 rings (SSSR count). The van der Waals surface area contributed by atoms with Crippen LogP contribution in [0.5, 0.6) is 0 Å². The molecule has 22 heavy (non-hydrogen) atoms. The summed E-state index contributed by atoms with van der Waals surface area (Å²) in [6, 6.07) is 13.3. The molecule has 0 saturated carbocycles. The van der Waals surface area contributed by atoms with Gasteiger partial charge in [0.2, 0.25) is 10.0 Å². The van der Waals surface area contributed by atoms with Crippen molar-refractivity contribution in [2.75, 3.05) is 0 Å². The molecule has 1 atom stereocenters. The Labute approximate surface area is 133 Å². The van der Waals surface area contributed by atoms with Crippen molar-refractivity contribution < 1.29 is 18.3 Å². The van der Waals surface area contributed by atoms with Gasteiger partial charge in [0.1, 0.15) is 0 Å². The standard InChI is InChI=1S/C15H14ClNO4S/c16-12-8-6-11(7-9-12)14(10-15(18)19)17-22(20,21)13-4-2-1-3-5-13/h1-9,14,17H,10H2,(H,18,19). The van der Waals surface area contributed by atoms with Gasteiger partial charge < -0.3 is 5.11 Å². The average molecular weight is 340 g/mol. The second-order valence-electron chi connectivity index (χ2n) is 4.64. The highest BCUT2D eigenvalue weighted by Crippen LogP contribution is 2.22. The van der Waals surface area contributed by atoms with Crippen molar-refractivity contribution in [1.29, 1.82) is 0 Å². The summed E-state index contributed by atoms with van der Waals surface area (Å²) in [6.45, 7) is 0. The number of rotatable bonds is 6. The summed E-state index contributed by atoms with van der Waals surface area (Å²) in [5.41, 5.74) is 0.534.